The molecule has 0 saturated carbocycles. The van der Waals surface area contributed by atoms with E-state index in [-0.39, 0.29) is 12.5 Å². The lowest BCUT2D eigenvalue weighted by atomic mass is 9.99. The van der Waals surface area contributed by atoms with Gasteiger partial charge in [-0.25, -0.2) is 0 Å². The summed E-state index contributed by atoms with van der Waals surface area (Å²) in [6, 6.07) is -0.832. The van der Waals surface area contributed by atoms with Gasteiger partial charge in [0.15, 0.2) is 6.29 Å². The number of amides is 1. The number of hydrogen-bond donors (Lipinski definition) is 6. The van der Waals surface area contributed by atoms with Gasteiger partial charge in [0.2, 0.25) is 5.91 Å². The van der Waals surface area contributed by atoms with Gasteiger partial charge in [0, 0.05) is 6.42 Å². The summed E-state index contributed by atoms with van der Waals surface area (Å²) in [5, 5.41) is 54.3. The predicted octanol–water partition coefficient (Wildman–Crippen LogP) is 11.4. The molecule has 0 aromatic rings. The van der Waals surface area contributed by atoms with Crippen molar-refractivity contribution in [3.8, 4) is 0 Å². The first-order valence-electron chi connectivity index (χ1n) is 25.4. The van der Waals surface area contributed by atoms with Gasteiger partial charge in [-0.1, -0.05) is 191 Å². The highest BCUT2D eigenvalue weighted by atomic mass is 16.7. The Morgan fingerprint density at radius 2 is 0.934 bits per heavy atom. The summed E-state index contributed by atoms with van der Waals surface area (Å²) >= 11 is 0. The highest BCUT2D eigenvalue weighted by molar-refractivity contribution is 5.76. The molecule has 7 unspecified atom stereocenters. The van der Waals surface area contributed by atoms with Crippen molar-refractivity contribution in [2.24, 2.45) is 0 Å². The van der Waals surface area contributed by atoms with Crippen molar-refractivity contribution < 1.29 is 39.8 Å². The quantitative estimate of drug-likeness (QED) is 0.0262. The number of rotatable bonds is 42. The number of allylic oxidation sites excluding steroid dienone is 7. The molecule has 1 aliphatic heterocycles. The Hall–Kier alpha value is -1.85. The number of aliphatic hydroxyl groups is 5. The Balaban J connectivity index is 2.34. The molecule has 1 rings (SSSR count). The molecule has 1 amide bonds. The van der Waals surface area contributed by atoms with Crippen molar-refractivity contribution in [3.63, 3.8) is 0 Å². The molecule has 0 aromatic carbocycles. The summed E-state index contributed by atoms with van der Waals surface area (Å²) in [6.07, 6.45) is 47.4. The maximum atomic E-state index is 13.0. The second-order valence-corrected chi connectivity index (χ2v) is 17.6. The van der Waals surface area contributed by atoms with Crippen LogP contribution in [-0.4, -0.2) is 87.5 Å². The van der Waals surface area contributed by atoms with Gasteiger partial charge in [-0.2, -0.15) is 0 Å². The monoisotopic (exact) mass is 862 g/mol. The molecule has 7 atom stereocenters. The van der Waals surface area contributed by atoms with Crippen LogP contribution < -0.4 is 5.32 Å². The Kier molecular flexibility index (Phi) is 39.5. The Labute approximate surface area is 373 Å². The zero-order valence-corrected chi connectivity index (χ0v) is 39.2. The van der Waals surface area contributed by atoms with Crippen molar-refractivity contribution in [1.82, 2.24) is 5.32 Å². The summed E-state index contributed by atoms with van der Waals surface area (Å²) < 4.78 is 11.2. The lowest BCUT2D eigenvalue weighted by molar-refractivity contribution is -0.302. The third kappa shape index (κ3) is 32.5. The molecule has 1 heterocycles. The first-order chi connectivity index (χ1) is 29.8. The van der Waals surface area contributed by atoms with Crippen LogP contribution in [0, 0.1) is 0 Å². The Morgan fingerprint density at radius 1 is 0.541 bits per heavy atom. The highest BCUT2D eigenvalue weighted by Gasteiger charge is 2.44. The topological polar surface area (TPSA) is 149 Å². The number of carbonyl (C=O) groups excluding carboxylic acids is 1. The fourth-order valence-electron chi connectivity index (χ4n) is 7.77. The lowest BCUT2D eigenvalue weighted by Gasteiger charge is -2.40. The summed E-state index contributed by atoms with van der Waals surface area (Å²) in [5.41, 5.74) is 0. The molecule has 0 bridgehead atoms. The molecule has 9 nitrogen and oxygen atoms in total. The van der Waals surface area contributed by atoms with Crippen LogP contribution in [0.1, 0.15) is 219 Å². The summed E-state index contributed by atoms with van der Waals surface area (Å²) in [7, 11) is 0. The molecule has 0 spiro atoms. The number of hydrogen-bond acceptors (Lipinski definition) is 8. The van der Waals surface area contributed by atoms with Crippen molar-refractivity contribution in [3.05, 3.63) is 48.6 Å². The molecule has 0 radical (unpaired) electrons. The molecule has 9 heteroatoms. The maximum Gasteiger partial charge on any atom is 0.220 e. The van der Waals surface area contributed by atoms with Crippen molar-refractivity contribution >= 4 is 5.91 Å². The van der Waals surface area contributed by atoms with Gasteiger partial charge in [-0.05, 0) is 70.6 Å². The van der Waals surface area contributed by atoms with Crippen LogP contribution in [0.25, 0.3) is 0 Å². The van der Waals surface area contributed by atoms with Crippen LogP contribution >= 0.6 is 0 Å². The average Bonchev–Trinajstić information content (AvgIpc) is 3.26. The minimum Gasteiger partial charge on any atom is -0.394 e. The zero-order chi connectivity index (χ0) is 44.4. The van der Waals surface area contributed by atoms with Crippen LogP contribution in [0.5, 0.6) is 0 Å². The van der Waals surface area contributed by atoms with Crippen LogP contribution in [0.2, 0.25) is 0 Å². The summed E-state index contributed by atoms with van der Waals surface area (Å²) in [6.45, 7) is 3.75. The van der Waals surface area contributed by atoms with Crippen molar-refractivity contribution in [2.45, 2.75) is 262 Å². The molecule has 1 fully saturated rings. The van der Waals surface area contributed by atoms with Crippen LogP contribution in [0.4, 0.5) is 0 Å². The van der Waals surface area contributed by atoms with Crippen LogP contribution in [0.3, 0.4) is 0 Å². The standard InChI is InChI=1S/C52H95NO8/c1-3-5-7-9-11-13-15-17-19-20-21-22-23-24-25-26-28-29-31-33-35-37-39-41-46(55)45(44-60-52-51(59)50(58)49(57)47(43-54)61-52)53-48(56)42-40-38-36-34-32-30-27-18-16-14-12-10-8-6-4-2/h18,25-27,31,33,39,41,45-47,49-52,54-55,57-59H,3-17,19-24,28-30,32,34-38,40,42-44H2,1-2H3,(H,53,56)/b26-25+,27-18-,33-31+,41-39+. The van der Waals surface area contributed by atoms with Gasteiger partial charge in [0.1, 0.15) is 24.4 Å². The molecule has 6 N–H and O–H groups in total. The molecule has 1 saturated heterocycles. The van der Waals surface area contributed by atoms with E-state index in [2.05, 4.69) is 55.6 Å². The maximum absolute atomic E-state index is 13.0. The van der Waals surface area contributed by atoms with Gasteiger partial charge in [0.25, 0.3) is 0 Å². The summed E-state index contributed by atoms with van der Waals surface area (Å²) in [5.74, 6) is -0.200. The van der Waals surface area contributed by atoms with E-state index >= 15 is 0 Å². The average molecular weight is 862 g/mol. The fraction of sp³-hybridized carbons (Fsp3) is 0.827. The molecule has 0 aliphatic carbocycles. The van der Waals surface area contributed by atoms with E-state index in [4.69, 9.17) is 9.47 Å². The van der Waals surface area contributed by atoms with E-state index in [9.17, 15) is 30.3 Å². The van der Waals surface area contributed by atoms with Crippen molar-refractivity contribution in [2.75, 3.05) is 13.2 Å². The third-order valence-corrected chi connectivity index (χ3v) is 11.9. The molecular weight excluding hydrogens is 767 g/mol. The van der Waals surface area contributed by atoms with Crippen LogP contribution in [-0.2, 0) is 14.3 Å². The van der Waals surface area contributed by atoms with E-state index in [1.807, 2.05) is 6.08 Å². The van der Waals surface area contributed by atoms with E-state index < -0.39 is 49.5 Å². The smallest absolute Gasteiger partial charge is 0.220 e. The van der Waals surface area contributed by atoms with Gasteiger partial charge >= 0.3 is 0 Å². The summed E-state index contributed by atoms with van der Waals surface area (Å²) in [4.78, 5) is 13.0. The number of unbranched alkanes of at least 4 members (excludes halogenated alkanes) is 26. The molecule has 0 aromatic heterocycles. The number of carbonyl (C=O) groups is 1. The first kappa shape index (κ1) is 57.2. The predicted molar refractivity (Wildman–Crippen MR) is 253 cm³/mol. The Bertz CT molecular complexity index is 1090. The fourth-order valence-corrected chi connectivity index (χ4v) is 7.77. The van der Waals surface area contributed by atoms with E-state index in [1.165, 1.54) is 135 Å². The van der Waals surface area contributed by atoms with Gasteiger partial charge < -0.3 is 40.3 Å². The van der Waals surface area contributed by atoms with E-state index in [0.717, 1.165) is 64.2 Å². The van der Waals surface area contributed by atoms with E-state index in [0.29, 0.717) is 6.42 Å². The minimum atomic E-state index is -1.58. The second-order valence-electron chi connectivity index (χ2n) is 17.6. The lowest BCUT2D eigenvalue weighted by Crippen LogP contribution is -2.60. The van der Waals surface area contributed by atoms with Gasteiger partial charge in [-0.15, -0.1) is 0 Å². The zero-order valence-electron chi connectivity index (χ0n) is 39.2. The molecule has 61 heavy (non-hydrogen) atoms. The number of nitrogens with one attached hydrogen (secondary N) is 1. The highest BCUT2D eigenvalue weighted by Crippen LogP contribution is 2.22. The second kappa shape index (κ2) is 42.1. The molecule has 1 aliphatic rings. The minimum absolute atomic E-state index is 0.200. The van der Waals surface area contributed by atoms with E-state index in [1.54, 1.807) is 6.08 Å². The largest absolute Gasteiger partial charge is 0.394 e. The SMILES string of the molecule is CCCCCCCC/C=C\CCCCCCCC(=O)NC(COC1OC(CO)C(O)C(O)C1O)C(O)/C=C/CC/C=C/CC/C=C/CCCCCCCCCCCCCCC. The Morgan fingerprint density at radius 3 is 1.38 bits per heavy atom. The van der Waals surface area contributed by atoms with Crippen molar-refractivity contribution in [1.29, 1.82) is 0 Å². The third-order valence-electron chi connectivity index (χ3n) is 11.9. The first-order valence-corrected chi connectivity index (χ1v) is 25.4. The number of aliphatic hydroxyl groups excluding tert-OH is 5. The van der Waals surface area contributed by atoms with Crippen LogP contribution in [0.15, 0.2) is 48.6 Å². The van der Waals surface area contributed by atoms with Gasteiger partial charge in [-0.3, -0.25) is 4.79 Å². The molecular formula is C52H95NO8. The normalized spacial score (nSPS) is 20.8. The molecule has 356 valence electrons. The van der Waals surface area contributed by atoms with Gasteiger partial charge in [0.05, 0.1) is 25.4 Å². The number of ether oxygens (including phenoxy) is 2.